The molecule has 2 aromatic carbocycles. The van der Waals surface area contributed by atoms with E-state index in [4.69, 9.17) is 15.2 Å². The molecular formula is C24H28N2O4. The van der Waals surface area contributed by atoms with Gasteiger partial charge in [-0.15, -0.1) is 0 Å². The lowest BCUT2D eigenvalue weighted by Gasteiger charge is -2.40. The molecule has 30 heavy (non-hydrogen) atoms. The summed E-state index contributed by atoms with van der Waals surface area (Å²) >= 11 is 0. The Labute approximate surface area is 177 Å². The molecule has 0 spiro atoms. The van der Waals surface area contributed by atoms with Crippen LogP contribution in [0.5, 0.6) is 11.5 Å². The van der Waals surface area contributed by atoms with Gasteiger partial charge in [0, 0.05) is 31.0 Å². The second kappa shape index (κ2) is 8.58. The molecule has 0 bridgehead atoms. The van der Waals surface area contributed by atoms with E-state index in [9.17, 15) is 9.59 Å². The van der Waals surface area contributed by atoms with Crippen molar-refractivity contribution in [1.82, 2.24) is 4.90 Å². The molecule has 2 N–H and O–H groups in total. The molecule has 2 aromatic rings. The van der Waals surface area contributed by atoms with Gasteiger partial charge >= 0.3 is 11.9 Å². The van der Waals surface area contributed by atoms with Gasteiger partial charge in [0.25, 0.3) is 0 Å². The minimum Gasteiger partial charge on any atom is -0.422 e. The van der Waals surface area contributed by atoms with Gasteiger partial charge in [-0.05, 0) is 61.2 Å². The predicted octanol–water partition coefficient (Wildman–Crippen LogP) is 3.40. The first-order chi connectivity index (χ1) is 14.5. The van der Waals surface area contributed by atoms with E-state index >= 15 is 0 Å². The molecule has 4 rings (SSSR count). The first-order valence-corrected chi connectivity index (χ1v) is 10.6. The smallest absolute Gasteiger partial charge is 0.311 e. The summed E-state index contributed by atoms with van der Waals surface area (Å²) in [5.74, 6) is -0.0947. The van der Waals surface area contributed by atoms with Crippen molar-refractivity contribution in [2.45, 2.75) is 45.1 Å². The van der Waals surface area contributed by atoms with Crippen LogP contribution in [0.4, 0.5) is 0 Å². The summed E-state index contributed by atoms with van der Waals surface area (Å²) in [4.78, 5) is 26.9. The van der Waals surface area contributed by atoms with Crippen molar-refractivity contribution in [1.29, 1.82) is 0 Å². The minimum atomic E-state index is -0.369. The standard InChI is InChI=1S/C24H28N2O4/c1-3-20(27)29-19-10-9-16-14-18-22-15(11-13-26(18)2)6-4-7-17(22)23(16)24(19)30-21(28)8-5-12-25/h4,6-7,9-10,18H,3,5,8,11-14,25H2,1-2H3. The van der Waals surface area contributed by atoms with Gasteiger partial charge in [-0.25, -0.2) is 0 Å². The lowest BCUT2D eigenvalue weighted by molar-refractivity contribution is -0.137. The second-order valence-corrected chi connectivity index (χ2v) is 7.95. The van der Waals surface area contributed by atoms with Crippen molar-refractivity contribution in [2.75, 3.05) is 20.1 Å². The third-order valence-electron chi connectivity index (χ3n) is 6.00. The number of hydrogen-bond acceptors (Lipinski definition) is 6. The summed E-state index contributed by atoms with van der Waals surface area (Å²) in [5, 5.41) is 0. The Morgan fingerprint density at radius 2 is 1.97 bits per heavy atom. The van der Waals surface area contributed by atoms with Crippen LogP contribution < -0.4 is 15.2 Å². The van der Waals surface area contributed by atoms with Crippen molar-refractivity contribution in [2.24, 2.45) is 5.73 Å². The highest BCUT2D eigenvalue weighted by Gasteiger charge is 2.35. The zero-order chi connectivity index (χ0) is 21.3. The fourth-order valence-electron chi connectivity index (χ4n) is 4.44. The molecule has 0 aromatic heterocycles. The van der Waals surface area contributed by atoms with Crippen molar-refractivity contribution >= 4 is 11.9 Å². The Balaban J connectivity index is 1.86. The van der Waals surface area contributed by atoms with Gasteiger partial charge in [0.15, 0.2) is 11.5 Å². The first-order valence-electron chi connectivity index (χ1n) is 10.6. The molecule has 1 atom stereocenters. The fraction of sp³-hybridized carbons (Fsp3) is 0.417. The highest BCUT2D eigenvalue weighted by molar-refractivity contribution is 5.87. The summed E-state index contributed by atoms with van der Waals surface area (Å²) < 4.78 is 11.4. The third kappa shape index (κ3) is 3.73. The fourth-order valence-corrected chi connectivity index (χ4v) is 4.44. The van der Waals surface area contributed by atoms with Crippen LogP contribution in [0.3, 0.4) is 0 Å². The van der Waals surface area contributed by atoms with E-state index in [0.29, 0.717) is 30.5 Å². The molecule has 0 fully saturated rings. The van der Waals surface area contributed by atoms with Crippen molar-refractivity contribution in [3.8, 4) is 22.6 Å². The summed E-state index contributed by atoms with van der Waals surface area (Å²) in [7, 11) is 2.15. The number of ether oxygens (including phenoxy) is 2. The van der Waals surface area contributed by atoms with Crippen LogP contribution >= 0.6 is 0 Å². The number of likely N-dealkylation sites (N-methyl/N-ethyl adjacent to an activating group) is 1. The van der Waals surface area contributed by atoms with E-state index in [1.807, 2.05) is 6.07 Å². The molecule has 1 aliphatic carbocycles. The van der Waals surface area contributed by atoms with E-state index in [1.165, 1.54) is 11.1 Å². The molecule has 0 saturated heterocycles. The highest BCUT2D eigenvalue weighted by atomic mass is 16.6. The van der Waals surface area contributed by atoms with Gasteiger partial charge < -0.3 is 15.2 Å². The summed E-state index contributed by atoms with van der Waals surface area (Å²) in [6, 6.07) is 10.3. The van der Waals surface area contributed by atoms with Crippen LogP contribution in [0.15, 0.2) is 30.3 Å². The number of carbonyl (C=O) groups excluding carboxylic acids is 2. The highest BCUT2D eigenvalue weighted by Crippen LogP contribution is 2.50. The van der Waals surface area contributed by atoms with Gasteiger partial charge in [-0.3, -0.25) is 14.5 Å². The maximum atomic E-state index is 12.5. The molecule has 1 aliphatic heterocycles. The molecule has 6 heteroatoms. The van der Waals surface area contributed by atoms with Gasteiger partial charge in [-0.2, -0.15) is 0 Å². The van der Waals surface area contributed by atoms with Crippen molar-refractivity contribution in [3.63, 3.8) is 0 Å². The topological polar surface area (TPSA) is 81.9 Å². The second-order valence-electron chi connectivity index (χ2n) is 7.95. The number of carbonyl (C=O) groups is 2. The lowest BCUT2D eigenvalue weighted by Crippen LogP contribution is -2.35. The predicted molar refractivity (Wildman–Crippen MR) is 115 cm³/mol. The maximum absolute atomic E-state index is 12.5. The zero-order valence-electron chi connectivity index (χ0n) is 17.6. The van der Waals surface area contributed by atoms with E-state index < -0.39 is 0 Å². The van der Waals surface area contributed by atoms with Crippen molar-refractivity contribution in [3.05, 3.63) is 47.0 Å². The average Bonchev–Trinajstić information content (AvgIpc) is 2.76. The quantitative estimate of drug-likeness (QED) is 0.583. The largest absolute Gasteiger partial charge is 0.422 e. The van der Waals surface area contributed by atoms with Gasteiger partial charge in [-0.1, -0.05) is 31.2 Å². The van der Waals surface area contributed by atoms with Gasteiger partial charge in [0.05, 0.1) is 0 Å². The van der Waals surface area contributed by atoms with E-state index in [1.54, 1.807) is 13.0 Å². The zero-order valence-corrected chi connectivity index (χ0v) is 17.6. The summed E-state index contributed by atoms with van der Waals surface area (Å²) in [6.45, 7) is 3.17. The number of esters is 2. The number of nitrogens with zero attached hydrogens (tertiary/aromatic N) is 1. The minimum absolute atomic E-state index is 0.222. The Hall–Kier alpha value is -2.70. The molecule has 1 unspecified atom stereocenters. The maximum Gasteiger partial charge on any atom is 0.311 e. The van der Waals surface area contributed by atoms with E-state index in [0.717, 1.165) is 36.1 Å². The Bertz CT molecular complexity index is 985. The van der Waals surface area contributed by atoms with Crippen LogP contribution in [0, 0.1) is 0 Å². The number of hydrogen-bond donors (Lipinski definition) is 1. The van der Waals surface area contributed by atoms with E-state index in [-0.39, 0.29) is 24.8 Å². The molecule has 0 radical (unpaired) electrons. The molecule has 158 valence electrons. The van der Waals surface area contributed by atoms with Crippen LogP contribution in [0.2, 0.25) is 0 Å². The lowest BCUT2D eigenvalue weighted by atomic mass is 9.77. The normalized spacial score (nSPS) is 17.1. The van der Waals surface area contributed by atoms with Crippen LogP contribution in [-0.2, 0) is 22.4 Å². The Morgan fingerprint density at radius 1 is 1.13 bits per heavy atom. The Kier molecular flexibility index (Phi) is 5.88. The summed E-state index contributed by atoms with van der Waals surface area (Å²) in [6.07, 6.45) is 2.82. The Morgan fingerprint density at radius 3 is 2.73 bits per heavy atom. The number of fused-ring (bicyclic) bond motifs is 2. The average molecular weight is 408 g/mol. The first kappa shape index (κ1) is 20.6. The number of nitrogens with two attached hydrogens (primary N) is 1. The monoisotopic (exact) mass is 408 g/mol. The number of rotatable bonds is 6. The van der Waals surface area contributed by atoms with Crippen LogP contribution in [-0.4, -0.2) is 37.0 Å². The number of benzene rings is 2. The molecule has 1 heterocycles. The molecule has 0 amide bonds. The molecule has 6 nitrogen and oxygen atoms in total. The van der Waals surface area contributed by atoms with Gasteiger partial charge in [0.1, 0.15) is 0 Å². The molecule has 0 saturated carbocycles. The SMILES string of the molecule is CCC(=O)Oc1ccc2c(c1OC(=O)CCCN)-c1cccc3c1C(C2)N(C)CC3. The van der Waals surface area contributed by atoms with Crippen molar-refractivity contribution < 1.29 is 19.1 Å². The summed E-state index contributed by atoms with van der Waals surface area (Å²) in [5.41, 5.74) is 11.2. The molecular weight excluding hydrogens is 380 g/mol. The molecule has 2 aliphatic rings. The van der Waals surface area contributed by atoms with Crippen LogP contribution in [0.25, 0.3) is 11.1 Å². The van der Waals surface area contributed by atoms with E-state index in [2.05, 4.69) is 30.1 Å². The third-order valence-corrected chi connectivity index (χ3v) is 6.00. The van der Waals surface area contributed by atoms with Gasteiger partial charge in [0.2, 0.25) is 0 Å². The van der Waals surface area contributed by atoms with Crippen LogP contribution in [0.1, 0.15) is 48.9 Å².